The Morgan fingerprint density at radius 3 is 2.57 bits per heavy atom. The van der Waals surface area contributed by atoms with Crippen molar-refractivity contribution < 1.29 is 18.7 Å². The van der Waals surface area contributed by atoms with Crippen molar-refractivity contribution in [2.45, 2.75) is 6.61 Å². The van der Waals surface area contributed by atoms with Gasteiger partial charge in [-0.3, -0.25) is 0 Å². The Morgan fingerprint density at radius 2 is 1.77 bits per heavy atom. The average Bonchev–Trinajstić information content (AvgIpc) is 3.11. The summed E-state index contributed by atoms with van der Waals surface area (Å²) in [4.78, 5) is 16.6. The highest BCUT2D eigenvalue weighted by atomic mass is 35.5. The van der Waals surface area contributed by atoms with Gasteiger partial charge in [-0.05, 0) is 36.4 Å². The lowest BCUT2D eigenvalue weighted by molar-refractivity contribution is -0.129. The number of hydrogen-bond donors (Lipinski definition) is 0. The molecule has 4 rings (SSSR count). The maximum atomic E-state index is 13.8. The van der Waals surface area contributed by atoms with Crippen LogP contribution >= 0.6 is 23.2 Å². The molecule has 0 unspecified atom stereocenters. The normalized spacial score (nSPS) is 14.6. The first-order valence-electron chi connectivity index (χ1n) is 8.94. The summed E-state index contributed by atoms with van der Waals surface area (Å²) in [5.41, 5.74) is 1.68. The molecule has 0 saturated carbocycles. The molecule has 0 aromatic heterocycles. The second kappa shape index (κ2) is 8.69. The van der Waals surface area contributed by atoms with Crippen LogP contribution in [0.5, 0.6) is 5.75 Å². The summed E-state index contributed by atoms with van der Waals surface area (Å²) in [7, 11) is 0. The van der Waals surface area contributed by atoms with Gasteiger partial charge in [0.25, 0.3) is 0 Å². The van der Waals surface area contributed by atoms with E-state index in [1.165, 1.54) is 6.07 Å². The largest absolute Gasteiger partial charge is 0.488 e. The third-order valence-corrected chi connectivity index (χ3v) is 5.08. The zero-order valence-electron chi connectivity index (χ0n) is 15.4. The minimum atomic E-state index is -0.597. The molecule has 30 heavy (non-hydrogen) atoms. The molecule has 0 atom stereocenters. The smallest absolute Gasteiger partial charge is 0.363 e. The highest BCUT2D eigenvalue weighted by molar-refractivity contribution is 6.42. The molecule has 1 heterocycles. The first kappa shape index (κ1) is 20.1. The number of halogens is 3. The molecule has 3 aromatic carbocycles. The second-order valence-corrected chi connectivity index (χ2v) is 7.20. The van der Waals surface area contributed by atoms with Crippen LogP contribution in [-0.4, -0.2) is 11.9 Å². The fourth-order valence-electron chi connectivity index (χ4n) is 2.81. The SMILES string of the molecule is O=C1OC(c2ccc(Cl)c(Cl)c2)=N/C1=C\c1ccccc1OCc1ccccc1F. The van der Waals surface area contributed by atoms with Gasteiger partial charge in [0, 0.05) is 16.7 Å². The molecule has 4 nitrogen and oxygen atoms in total. The van der Waals surface area contributed by atoms with E-state index in [1.54, 1.807) is 66.7 Å². The first-order chi connectivity index (χ1) is 14.5. The topological polar surface area (TPSA) is 47.9 Å². The molecular formula is C23H14Cl2FNO3. The minimum absolute atomic E-state index is 0.0507. The van der Waals surface area contributed by atoms with E-state index < -0.39 is 5.97 Å². The summed E-state index contributed by atoms with van der Waals surface area (Å²) in [6.07, 6.45) is 1.56. The van der Waals surface area contributed by atoms with Crippen molar-refractivity contribution in [1.29, 1.82) is 0 Å². The van der Waals surface area contributed by atoms with Crippen molar-refractivity contribution in [3.63, 3.8) is 0 Å². The molecular weight excluding hydrogens is 428 g/mol. The standard InChI is InChI=1S/C23H14Cl2FNO3/c24-17-10-9-15(11-18(17)25)22-27-20(23(28)30-22)12-14-5-2-4-8-21(14)29-13-16-6-1-3-7-19(16)26/h1-12H,13H2/b20-12-. The van der Waals surface area contributed by atoms with Gasteiger partial charge in [0.05, 0.1) is 10.0 Å². The van der Waals surface area contributed by atoms with Gasteiger partial charge in [0.15, 0.2) is 5.70 Å². The third-order valence-electron chi connectivity index (χ3n) is 4.34. The lowest BCUT2D eigenvalue weighted by atomic mass is 10.1. The van der Waals surface area contributed by atoms with Gasteiger partial charge in [-0.1, -0.05) is 59.6 Å². The van der Waals surface area contributed by atoms with Crippen LogP contribution in [0.4, 0.5) is 4.39 Å². The predicted molar refractivity (Wildman–Crippen MR) is 114 cm³/mol. The van der Waals surface area contributed by atoms with E-state index in [0.717, 1.165) is 0 Å². The number of para-hydroxylation sites is 1. The quantitative estimate of drug-likeness (QED) is 0.357. The molecule has 1 aliphatic heterocycles. The van der Waals surface area contributed by atoms with Crippen molar-refractivity contribution >= 4 is 41.1 Å². The Balaban J connectivity index is 1.60. The number of carbonyl (C=O) groups excluding carboxylic acids is 1. The van der Waals surface area contributed by atoms with Crippen LogP contribution < -0.4 is 4.74 Å². The fourth-order valence-corrected chi connectivity index (χ4v) is 3.11. The molecule has 0 amide bonds. The van der Waals surface area contributed by atoms with Crippen LogP contribution in [0.2, 0.25) is 10.0 Å². The van der Waals surface area contributed by atoms with Gasteiger partial charge in [0.2, 0.25) is 5.90 Å². The van der Waals surface area contributed by atoms with Gasteiger partial charge in [-0.2, -0.15) is 0 Å². The van der Waals surface area contributed by atoms with Crippen molar-refractivity contribution in [3.8, 4) is 5.75 Å². The third kappa shape index (κ3) is 4.37. The Bertz CT molecular complexity index is 1190. The predicted octanol–water partition coefficient (Wildman–Crippen LogP) is 6.06. The lowest BCUT2D eigenvalue weighted by Gasteiger charge is -2.10. The summed E-state index contributed by atoms with van der Waals surface area (Å²) >= 11 is 12.0. The van der Waals surface area contributed by atoms with Gasteiger partial charge in [-0.15, -0.1) is 0 Å². The molecule has 0 bridgehead atoms. The molecule has 0 saturated heterocycles. The Kier molecular flexibility index (Phi) is 5.84. The molecule has 0 N–H and O–H groups in total. The van der Waals surface area contributed by atoms with Crippen molar-refractivity contribution in [1.82, 2.24) is 0 Å². The Hall–Kier alpha value is -3.15. The summed E-state index contributed by atoms with van der Waals surface area (Å²) in [5.74, 6) is -0.322. The molecule has 0 fully saturated rings. The van der Waals surface area contributed by atoms with Crippen molar-refractivity contribution in [2.24, 2.45) is 4.99 Å². The minimum Gasteiger partial charge on any atom is -0.488 e. The second-order valence-electron chi connectivity index (χ2n) is 6.38. The number of aliphatic imine (C=N–C) groups is 1. The van der Waals surface area contributed by atoms with Gasteiger partial charge in [-0.25, -0.2) is 14.2 Å². The molecule has 3 aromatic rings. The van der Waals surface area contributed by atoms with Crippen LogP contribution in [0.25, 0.3) is 6.08 Å². The number of hydrogen-bond acceptors (Lipinski definition) is 4. The van der Waals surface area contributed by atoms with Crippen LogP contribution in [0.15, 0.2) is 77.4 Å². The molecule has 150 valence electrons. The zero-order chi connectivity index (χ0) is 21.1. The number of esters is 1. The van der Waals surface area contributed by atoms with E-state index in [4.69, 9.17) is 32.7 Å². The number of nitrogens with zero attached hydrogens (tertiary/aromatic N) is 1. The average molecular weight is 442 g/mol. The van der Waals surface area contributed by atoms with E-state index in [9.17, 15) is 9.18 Å². The molecule has 0 aliphatic carbocycles. The monoisotopic (exact) mass is 441 g/mol. The van der Waals surface area contributed by atoms with E-state index in [0.29, 0.717) is 32.5 Å². The fraction of sp³-hybridized carbons (Fsp3) is 0.0435. The zero-order valence-corrected chi connectivity index (χ0v) is 17.0. The Labute approximate surface area is 182 Å². The highest BCUT2D eigenvalue weighted by Gasteiger charge is 2.25. The maximum Gasteiger partial charge on any atom is 0.363 e. The van der Waals surface area contributed by atoms with Crippen molar-refractivity contribution in [2.75, 3.05) is 0 Å². The molecule has 0 spiro atoms. The summed E-state index contributed by atoms with van der Waals surface area (Å²) in [6.45, 7) is 0.0507. The number of carbonyl (C=O) groups is 1. The number of ether oxygens (including phenoxy) is 2. The van der Waals surface area contributed by atoms with Gasteiger partial charge >= 0.3 is 5.97 Å². The van der Waals surface area contributed by atoms with Gasteiger partial charge in [0.1, 0.15) is 18.2 Å². The van der Waals surface area contributed by atoms with Crippen LogP contribution in [-0.2, 0) is 16.1 Å². The van der Waals surface area contributed by atoms with Crippen LogP contribution in [0.1, 0.15) is 16.7 Å². The van der Waals surface area contributed by atoms with Crippen molar-refractivity contribution in [3.05, 3.63) is 105 Å². The first-order valence-corrected chi connectivity index (χ1v) is 9.70. The lowest BCUT2D eigenvalue weighted by Crippen LogP contribution is -2.05. The molecule has 7 heteroatoms. The number of rotatable bonds is 5. The van der Waals surface area contributed by atoms with Crippen LogP contribution in [0, 0.1) is 5.82 Å². The Morgan fingerprint density at radius 1 is 1.00 bits per heavy atom. The van der Waals surface area contributed by atoms with E-state index in [1.807, 2.05) is 0 Å². The molecule has 0 radical (unpaired) electrons. The number of cyclic esters (lactones) is 1. The van der Waals surface area contributed by atoms with E-state index in [-0.39, 0.29) is 24.0 Å². The summed E-state index contributed by atoms with van der Waals surface area (Å²) < 4.78 is 24.9. The maximum absolute atomic E-state index is 13.8. The van der Waals surface area contributed by atoms with Gasteiger partial charge < -0.3 is 9.47 Å². The summed E-state index contributed by atoms with van der Waals surface area (Å²) in [5, 5.41) is 0.722. The number of benzene rings is 3. The van der Waals surface area contributed by atoms with E-state index in [2.05, 4.69) is 4.99 Å². The molecule has 1 aliphatic rings. The highest BCUT2D eigenvalue weighted by Crippen LogP contribution is 2.28. The van der Waals surface area contributed by atoms with E-state index >= 15 is 0 Å². The summed E-state index contributed by atoms with van der Waals surface area (Å²) in [6, 6.07) is 18.3. The van der Waals surface area contributed by atoms with Crippen LogP contribution in [0.3, 0.4) is 0 Å².